The van der Waals surface area contributed by atoms with Gasteiger partial charge in [-0.1, -0.05) is 6.92 Å². The number of thiophene rings is 1. The maximum atomic E-state index is 12.2. The van der Waals surface area contributed by atoms with Gasteiger partial charge in [0.15, 0.2) is 0 Å². The Bertz CT molecular complexity index is 598. The van der Waals surface area contributed by atoms with Crippen molar-refractivity contribution in [1.29, 1.82) is 0 Å². The van der Waals surface area contributed by atoms with Crippen molar-refractivity contribution in [2.75, 3.05) is 5.32 Å². The van der Waals surface area contributed by atoms with Crippen molar-refractivity contribution in [2.24, 2.45) is 0 Å². The fourth-order valence-electron chi connectivity index (χ4n) is 2.08. The van der Waals surface area contributed by atoms with Crippen LogP contribution in [0.4, 0.5) is 5.69 Å². The molecule has 2 aromatic heterocycles. The van der Waals surface area contributed by atoms with Gasteiger partial charge in [-0.3, -0.25) is 9.48 Å². The molecule has 0 saturated carbocycles. The molecule has 2 heterocycles. The van der Waals surface area contributed by atoms with E-state index in [1.165, 1.54) is 11.3 Å². The van der Waals surface area contributed by atoms with Crippen molar-refractivity contribution in [1.82, 2.24) is 9.78 Å². The molecule has 0 fully saturated rings. The Kier molecular flexibility index (Phi) is 4.04. The molecule has 5 heteroatoms. The maximum absolute atomic E-state index is 12.2. The van der Waals surface area contributed by atoms with Gasteiger partial charge in [-0.15, -0.1) is 11.3 Å². The number of aromatic nitrogens is 2. The van der Waals surface area contributed by atoms with Crippen LogP contribution in [0.25, 0.3) is 0 Å². The second kappa shape index (κ2) is 5.57. The summed E-state index contributed by atoms with van der Waals surface area (Å²) in [6, 6.07) is 1.96. The summed E-state index contributed by atoms with van der Waals surface area (Å²) in [4.78, 5) is 13.0. The lowest BCUT2D eigenvalue weighted by molar-refractivity contribution is 0.103. The number of aryl methyl sites for hydroxylation is 3. The highest BCUT2D eigenvalue weighted by molar-refractivity contribution is 7.12. The van der Waals surface area contributed by atoms with Crippen LogP contribution in [-0.4, -0.2) is 15.7 Å². The van der Waals surface area contributed by atoms with Crippen LogP contribution in [0.2, 0.25) is 0 Å². The topological polar surface area (TPSA) is 46.9 Å². The highest BCUT2D eigenvalue weighted by atomic mass is 32.1. The summed E-state index contributed by atoms with van der Waals surface area (Å²) < 4.78 is 1.95. The molecule has 0 aliphatic rings. The molecule has 102 valence electrons. The molecule has 0 atom stereocenters. The van der Waals surface area contributed by atoms with E-state index in [1.807, 2.05) is 36.9 Å². The second-order valence-corrected chi connectivity index (χ2v) is 5.57. The van der Waals surface area contributed by atoms with Gasteiger partial charge in [0, 0.05) is 6.54 Å². The zero-order valence-electron chi connectivity index (χ0n) is 11.8. The van der Waals surface area contributed by atoms with E-state index in [0.29, 0.717) is 0 Å². The minimum Gasteiger partial charge on any atom is -0.318 e. The van der Waals surface area contributed by atoms with Crippen LogP contribution in [0.3, 0.4) is 0 Å². The third kappa shape index (κ3) is 2.71. The van der Waals surface area contributed by atoms with Crippen LogP contribution in [0.15, 0.2) is 11.4 Å². The normalized spacial score (nSPS) is 10.7. The van der Waals surface area contributed by atoms with Gasteiger partial charge in [-0.2, -0.15) is 5.10 Å². The van der Waals surface area contributed by atoms with Crippen molar-refractivity contribution in [3.63, 3.8) is 0 Å². The third-order valence-corrected chi connectivity index (χ3v) is 4.14. The largest absolute Gasteiger partial charge is 0.318 e. The molecule has 4 nitrogen and oxygen atoms in total. The molecule has 0 radical (unpaired) electrons. The Hall–Kier alpha value is -1.62. The molecule has 0 unspecified atom stereocenters. The monoisotopic (exact) mass is 277 g/mol. The lowest BCUT2D eigenvalue weighted by Crippen LogP contribution is -2.12. The number of hydrogen-bond acceptors (Lipinski definition) is 3. The van der Waals surface area contributed by atoms with Gasteiger partial charge in [0.1, 0.15) is 0 Å². The Morgan fingerprint density at radius 3 is 2.74 bits per heavy atom. The van der Waals surface area contributed by atoms with Crippen molar-refractivity contribution in [2.45, 2.75) is 40.7 Å². The van der Waals surface area contributed by atoms with Crippen LogP contribution in [0, 0.1) is 20.8 Å². The summed E-state index contributed by atoms with van der Waals surface area (Å²) in [6.45, 7) is 8.86. The predicted octanol–water partition coefficient (Wildman–Crippen LogP) is 3.53. The fraction of sp³-hybridized carbons (Fsp3) is 0.429. The van der Waals surface area contributed by atoms with E-state index in [-0.39, 0.29) is 5.91 Å². The van der Waals surface area contributed by atoms with E-state index < -0.39 is 0 Å². The molecule has 2 rings (SSSR count). The molecule has 0 aliphatic heterocycles. The molecule has 1 N–H and O–H groups in total. The molecular weight excluding hydrogens is 258 g/mol. The average molecular weight is 277 g/mol. The van der Waals surface area contributed by atoms with E-state index in [0.717, 1.165) is 40.5 Å². The molecule has 19 heavy (non-hydrogen) atoms. The maximum Gasteiger partial charge on any atom is 0.266 e. The number of rotatable bonds is 4. The van der Waals surface area contributed by atoms with Crippen molar-refractivity contribution in [3.8, 4) is 0 Å². The lowest BCUT2D eigenvalue weighted by atomic mass is 10.2. The number of carbonyl (C=O) groups is 1. The molecule has 0 aromatic carbocycles. The molecule has 1 amide bonds. The van der Waals surface area contributed by atoms with Crippen molar-refractivity contribution in [3.05, 3.63) is 33.3 Å². The number of hydrogen-bond donors (Lipinski definition) is 1. The van der Waals surface area contributed by atoms with E-state index in [2.05, 4.69) is 17.3 Å². The molecule has 0 aliphatic carbocycles. The van der Waals surface area contributed by atoms with Gasteiger partial charge < -0.3 is 5.32 Å². The molecule has 0 spiro atoms. The van der Waals surface area contributed by atoms with Crippen LogP contribution >= 0.6 is 11.3 Å². The van der Waals surface area contributed by atoms with E-state index >= 15 is 0 Å². The molecule has 0 saturated heterocycles. The zero-order valence-corrected chi connectivity index (χ0v) is 12.6. The smallest absolute Gasteiger partial charge is 0.266 e. The summed E-state index contributed by atoms with van der Waals surface area (Å²) in [5, 5.41) is 9.39. The molecular formula is C14H19N3OS. The second-order valence-electron chi connectivity index (χ2n) is 4.66. The van der Waals surface area contributed by atoms with E-state index in [4.69, 9.17) is 0 Å². The predicted molar refractivity (Wildman–Crippen MR) is 79.0 cm³/mol. The Balaban J connectivity index is 2.24. The fourth-order valence-corrected chi connectivity index (χ4v) is 2.90. The van der Waals surface area contributed by atoms with E-state index in [9.17, 15) is 4.79 Å². The summed E-state index contributed by atoms with van der Waals surface area (Å²) >= 11 is 1.47. The summed E-state index contributed by atoms with van der Waals surface area (Å²) in [6.07, 6.45) is 1.03. The van der Waals surface area contributed by atoms with Crippen LogP contribution in [0.1, 0.15) is 40.0 Å². The first kappa shape index (κ1) is 13.8. The Labute approximate surface area is 117 Å². The average Bonchev–Trinajstić information content (AvgIpc) is 2.89. The van der Waals surface area contributed by atoms with Gasteiger partial charge in [0.05, 0.1) is 22.0 Å². The minimum atomic E-state index is -0.0465. The van der Waals surface area contributed by atoms with E-state index in [1.54, 1.807) is 0 Å². The molecule has 2 aromatic rings. The Morgan fingerprint density at radius 1 is 1.42 bits per heavy atom. The van der Waals surface area contributed by atoms with Crippen molar-refractivity contribution >= 4 is 22.9 Å². The van der Waals surface area contributed by atoms with Crippen LogP contribution in [-0.2, 0) is 6.54 Å². The number of carbonyl (C=O) groups excluding carboxylic acids is 1. The Morgan fingerprint density at radius 2 is 2.16 bits per heavy atom. The van der Waals surface area contributed by atoms with Gasteiger partial charge >= 0.3 is 0 Å². The number of amides is 1. The van der Waals surface area contributed by atoms with Crippen molar-refractivity contribution < 1.29 is 4.79 Å². The summed E-state index contributed by atoms with van der Waals surface area (Å²) in [5.41, 5.74) is 3.74. The minimum absolute atomic E-state index is 0.0465. The number of nitrogens with zero attached hydrogens (tertiary/aromatic N) is 2. The summed E-state index contributed by atoms with van der Waals surface area (Å²) in [5.74, 6) is -0.0465. The SMILES string of the molecule is CCCn1nc(C)c(NC(=O)c2sccc2C)c1C. The van der Waals surface area contributed by atoms with Crippen LogP contribution in [0.5, 0.6) is 0 Å². The lowest BCUT2D eigenvalue weighted by Gasteiger charge is -2.06. The highest BCUT2D eigenvalue weighted by Gasteiger charge is 2.16. The standard InChI is InChI=1S/C14H19N3OS/c1-5-7-17-11(4)12(10(3)16-17)15-14(18)13-9(2)6-8-19-13/h6,8H,5,7H2,1-4H3,(H,15,18). The van der Waals surface area contributed by atoms with Gasteiger partial charge in [0.25, 0.3) is 5.91 Å². The quantitative estimate of drug-likeness (QED) is 0.929. The zero-order chi connectivity index (χ0) is 14.0. The number of anilines is 1. The first-order valence-corrected chi connectivity index (χ1v) is 7.32. The molecule has 0 bridgehead atoms. The first-order valence-electron chi connectivity index (χ1n) is 6.44. The summed E-state index contributed by atoms with van der Waals surface area (Å²) in [7, 11) is 0. The first-order chi connectivity index (χ1) is 9.04. The van der Waals surface area contributed by atoms with Gasteiger partial charge in [-0.25, -0.2) is 0 Å². The van der Waals surface area contributed by atoms with Gasteiger partial charge in [0.2, 0.25) is 0 Å². The van der Waals surface area contributed by atoms with Crippen LogP contribution < -0.4 is 5.32 Å². The van der Waals surface area contributed by atoms with Gasteiger partial charge in [-0.05, 0) is 44.2 Å². The third-order valence-electron chi connectivity index (χ3n) is 3.12. The highest BCUT2D eigenvalue weighted by Crippen LogP contribution is 2.23. The number of nitrogens with one attached hydrogen (secondary N) is 1.